The highest BCUT2D eigenvalue weighted by Gasteiger charge is 2.28. The third-order valence-electron chi connectivity index (χ3n) is 3.90. The Morgan fingerprint density at radius 2 is 2.00 bits per heavy atom. The number of hydrogen-bond donors (Lipinski definition) is 1. The van der Waals surface area contributed by atoms with Gasteiger partial charge in [0.05, 0.1) is 29.3 Å². The lowest BCUT2D eigenvalue weighted by atomic mass is 9.86. The van der Waals surface area contributed by atoms with E-state index in [-0.39, 0.29) is 23.8 Å². The smallest absolute Gasteiger partial charge is 0.308 e. The molecule has 0 spiro atoms. The Hall–Kier alpha value is -1.62. The lowest BCUT2D eigenvalue weighted by Crippen LogP contribution is -2.39. The first kappa shape index (κ1) is 15.8. The van der Waals surface area contributed by atoms with Crippen LogP contribution in [0.1, 0.15) is 41.7 Å². The molecule has 0 aromatic carbocycles. The van der Waals surface area contributed by atoms with Gasteiger partial charge in [0, 0.05) is 12.2 Å². The van der Waals surface area contributed by atoms with Crippen LogP contribution in [0.3, 0.4) is 0 Å². The number of aromatic nitrogens is 1. The quantitative estimate of drug-likeness (QED) is 0.871. The van der Waals surface area contributed by atoms with Gasteiger partial charge in [-0.3, -0.25) is 14.6 Å². The van der Waals surface area contributed by atoms with Crippen LogP contribution in [0.25, 0.3) is 0 Å². The number of hydrogen-bond acceptors (Lipinski definition) is 4. The first-order valence-corrected chi connectivity index (χ1v) is 7.40. The number of ether oxygens (including phenoxy) is 1. The van der Waals surface area contributed by atoms with Crippen molar-refractivity contribution in [1.29, 1.82) is 0 Å². The Bertz CT molecular complexity index is 540. The molecule has 2 rings (SSSR count). The number of amides is 1. The summed E-state index contributed by atoms with van der Waals surface area (Å²) in [5, 5.41) is 3.44. The van der Waals surface area contributed by atoms with Gasteiger partial charge in [-0.1, -0.05) is 11.6 Å². The van der Waals surface area contributed by atoms with E-state index in [1.54, 1.807) is 13.0 Å². The third-order valence-corrected chi connectivity index (χ3v) is 4.10. The van der Waals surface area contributed by atoms with Crippen LogP contribution in [0, 0.1) is 12.8 Å². The molecule has 0 saturated heterocycles. The van der Waals surface area contributed by atoms with Crippen molar-refractivity contribution in [3.05, 3.63) is 28.5 Å². The molecule has 1 aromatic heterocycles. The van der Waals surface area contributed by atoms with Crippen molar-refractivity contribution < 1.29 is 14.3 Å². The molecule has 0 aliphatic heterocycles. The second-order valence-electron chi connectivity index (χ2n) is 5.33. The monoisotopic (exact) mass is 310 g/mol. The van der Waals surface area contributed by atoms with E-state index in [1.165, 1.54) is 13.3 Å². The van der Waals surface area contributed by atoms with E-state index in [0.29, 0.717) is 16.3 Å². The van der Waals surface area contributed by atoms with Gasteiger partial charge >= 0.3 is 5.97 Å². The number of pyridine rings is 1. The maximum atomic E-state index is 12.3. The number of esters is 1. The van der Waals surface area contributed by atoms with E-state index in [4.69, 9.17) is 16.3 Å². The fourth-order valence-electron chi connectivity index (χ4n) is 2.64. The van der Waals surface area contributed by atoms with Gasteiger partial charge in [0.2, 0.25) is 0 Å². The van der Waals surface area contributed by atoms with Gasteiger partial charge in [-0.05, 0) is 38.7 Å². The molecule has 5 nitrogen and oxygen atoms in total. The van der Waals surface area contributed by atoms with Crippen molar-refractivity contribution in [1.82, 2.24) is 10.3 Å². The van der Waals surface area contributed by atoms with Gasteiger partial charge in [-0.15, -0.1) is 0 Å². The number of nitrogens with one attached hydrogen (secondary N) is 1. The van der Waals surface area contributed by atoms with Crippen LogP contribution in [0.4, 0.5) is 0 Å². The van der Waals surface area contributed by atoms with E-state index >= 15 is 0 Å². The summed E-state index contributed by atoms with van der Waals surface area (Å²) in [5.41, 5.74) is 1.15. The minimum Gasteiger partial charge on any atom is -0.469 e. The van der Waals surface area contributed by atoms with Crippen molar-refractivity contribution >= 4 is 23.5 Å². The number of aryl methyl sites for hydroxylation is 1. The fourth-order valence-corrected chi connectivity index (χ4v) is 2.80. The Kier molecular flexibility index (Phi) is 5.17. The SMILES string of the molecule is COC(=O)[C@H]1CC[C@H](NC(=O)c2cc(Cl)cnc2C)CC1. The van der Waals surface area contributed by atoms with E-state index in [9.17, 15) is 9.59 Å². The van der Waals surface area contributed by atoms with Crippen LogP contribution in [-0.4, -0.2) is 30.0 Å². The van der Waals surface area contributed by atoms with Crippen LogP contribution in [0.15, 0.2) is 12.3 Å². The topological polar surface area (TPSA) is 68.3 Å². The second-order valence-corrected chi connectivity index (χ2v) is 5.77. The summed E-state index contributed by atoms with van der Waals surface area (Å²) < 4.78 is 4.76. The van der Waals surface area contributed by atoms with Crippen LogP contribution in [-0.2, 0) is 9.53 Å². The van der Waals surface area contributed by atoms with Crippen molar-refractivity contribution in [2.24, 2.45) is 5.92 Å². The molecule has 1 aromatic rings. The fraction of sp³-hybridized carbons (Fsp3) is 0.533. The zero-order chi connectivity index (χ0) is 15.4. The Morgan fingerprint density at radius 3 is 2.62 bits per heavy atom. The molecule has 0 atom stereocenters. The van der Waals surface area contributed by atoms with Crippen molar-refractivity contribution in [2.45, 2.75) is 38.6 Å². The number of carbonyl (C=O) groups excluding carboxylic acids is 2. The van der Waals surface area contributed by atoms with E-state index in [0.717, 1.165) is 25.7 Å². The number of nitrogens with zero attached hydrogens (tertiary/aromatic N) is 1. The van der Waals surface area contributed by atoms with E-state index in [2.05, 4.69) is 10.3 Å². The van der Waals surface area contributed by atoms with Gasteiger partial charge < -0.3 is 10.1 Å². The van der Waals surface area contributed by atoms with E-state index in [1.807, 2.05) is 0 Å². The van der Waals surface area contributed by atoms with Crippen LogP contribution < -0.4 is 5.32 Å². The molecule has 1 fully saturated rings. The molecule has 1 amide bonds. The average molecular weight is 311 g/mol. The van der Waals surface area contributed by atoms with Crippen molar-refractivity contribution in [2.75, 3.05) is 7.11 Å². The summed E-state index contributed by atoms with van der Waals surface area (Å²) >= 11 is 5.88. The third kappa shape index (κ3) is 3.94. The summed E-state index contributed by atoms with van der Waals surface area (Å²) in [6.07, 6.45) is 4.56. The number of rotatable bonds is 3. The molecule has 1 N–H and O–H groups in total. The normalized spacial score (nSPS) is 21.7. The van der Waals surface area contributed by atoms with E-state index < -0.39 is 0 Å². The lowest BCUT2D eigenvalue weighted by molar-refractivity contribution is -0.146. The lowest BCUT2D eigenvalue weighted by Gasteiger charge is -2.27. The maximum Gasteiger partial charge on any atom is 0.308 e. The molecular weight excluding hydrogens is 292 g/mol. The highest BCUT2D eigenvalue weighted by atomic mass is 35.5. The summed E-state index contributed by atoms with van der Waals surface area (Å²) in [6, 6.07) is 1.70. The highest BCUT2D eigenvalue weighted by molar-refractivity contribution is 6.30. The van der Waals surface area contributed by atoms with Gasteiger partial charge in [-0.2, -0.15) is 0 Å². The molecule has 0 bridgehead atoms. The predicted octanol–water partition coefficient (Wildman–Crippen LogP) is 2.51. The van der Waals surface area contributed by atoms with Gasteiger partial charge in [0.25, 0.3) is 5.91 Å². The summed E-state index contributed by atoms with van der Waals surface area (Å²) in [5.74, 6) is -0.364. The highest BCUT2D eigenvalue weighted by Crippen LogP contribution is 2.25. The zero-order valence-corrected chi connectivity index (χ0v) is 12.9. The average Bonchev–Trinajstić information content (AvgIpc) is 2.49. The minimum atomic E-state index is -0.163. The van der Waals surface area contributed by atoms with Crippen LogP contribution in [0.5, 0.6) is 0 Å². The van der Waals surface area contributed by atoms with Gasteiger partial charge in [0.1, 0.15) is 0 Å². The van der Waals surface area contributed by atoms with Gasteiger partial charge in [0.15, 0.2) is 0 Å². The van der Waals surface area contributed by atoms with Crippen LogP contribution >= 0.6 is 11.6 Å². The summed E-state index contributed by atoms with van der Waals surface area (Å²) in [4.78, 5) is 27.8. The largest absolute Gasteiger partial charge is 0.469 e. The van der Waals surface area contributed by atoms with Crippen molar-refractivity contribution in [3.8, 4) is 0 Å². The minimum absolute atomic E-state index is 0.0438. The zero-order valence-electron chi connectivity index (χ0n) is 12.2. The molecule has 114 valence electrons. The number of methoxy groups -OCH3 is 1. The molecular formula is C15H19ClN2O3. The molecule has 1 aliphatic rings. The number of carbonyl (C=O) groups is 2. The molecule has 6 heteroatoms. The standard InChI is InChI=1S/C15H19ClN2O3/c1-9-13(7-11(16)8-17-9)14(19)18-12-5-3-10(4-6-12)15(20)21-2/h7-8,10,12H,3-6H2,1-2H3,(H,18,19)/t10-,12-. The molecule has 1 saturated carbocycles. The first-order chi connectivity index (χ1) is 10.0. The molecule has 0 unspecified atom stereocenters. The van der Waals surface area contributed by atoms with Crippen molar-refractivity contribution in [3.63, 3.8) is 0 Å². The molecule has 1 heterocycles. The number of halogens is 1. The predicted molar refractivity (Wildman–Crippen MR) is 79.2 cm³/mol. The molecule has 1 aliphatic carbocycles. The van der Waals surface area contributed by atoms with Gasteiger partial charge in [-0.25, -0.2) is 0 Å². The second kappa shape index (κ2) is 6.89. The summed E-state index contributed by atoms with van der Waals surface area (Å²) in [7, 11) is 1.41. The molecule has 0 radical (unpaired) electrons. The van der Waals surface area contributed by atoms with Crippen LogP contribution in [0.2, 0.25) is 5.02 Å². The first-order valence-electron chi connectivity index (χ1n) is 7.02. The Labute approximate surface area is 129 Å². The summed E-state index contributed by atoms with van der Waals surface area (Å²) in [6.45, 7) is 1.78. The Morgan fingerprint density at radius 1 is 1.33 bits per heavy atom. The molecule has 21 heavy (non-hydrogen) atoms. The Balaban J connectivity index is 1.93. The maximum absolute atomic E-state index is 12.3.